The molecule has 0 saturated carbocycles. The Kier molecular flexibility index (Phi) is 15.4. The highest BCUT2D eigenvalue weighted by Gasteiger charge is 2.15. The molecule has 0 N–H and O–H groups in total. The second-order valence-electron chi connectivity index (χ2n) is 8.24. The quantitative estimate of drug-likeness (QED) is 0.171. The summed E-state index contributed by atoms with van der Waals surface area (Å²) in [6, 6.07) is 0. The van der Waals surface area contributed by atoms with Crippen LogP contribution in [-0.2, 0) is 4.74 Å². The molecule has 0 fully saturated rings. The Morgan fingerprint density at radius 3 is 1.78 bits per heavy atom. The average Bonchev–Trinajstić information content (AvgIpc) is 2.49. The minimum atomic E-state index is 0.706. The van der Waals surface area contributed by atoms with Crippen LogP contribution in [0.3, 0.4) is 0 Å². The minimum Gasteiger partial charge on any atom is -0.331 e. The zero-order valence-electron chi connectivity index (χ0n) is 17.0. The van der Waals surface area contributed by atoms with Crippen molar-refractivity contribution in [2.75, 3.05) is 34.0 Å². The van der Waals surface area contributed by atoms with Gasteiger partial charge in [-0.05, 0) is 25.2 Å². The van der Waals surface area contributed by atoms with E-state index in [1.165, 1.54) is 83.6 Å². The Hall–Kier alpha value is -0.0800. The molecule has 0 aliphatic heterocycles. The molecular formula is C21H46NO+. The van der Waals surface area contributed by atoms with Gasteiger partial charge in [0.25, 0.3) is 0 Å². The van der Waals surface area contributed by atoms with Crippen molar-refractivity contribution in [1.82, 2.24) is 0 Å². The lowest BCUT2D eigenvalue weighted by Crippen LogP contribution is -2.42. The summed E-state index contributed by atoms with van der Waals surface area (Å²) in [4.78, 5) is 0. The van der Waals surface area contributed by atoms with Gasteiger partial charge in [-0.3, -0.25) is 0 Å². The average molecular weight is 329 g/mol. The van der Waals surface area contributed by atoms with Crippen LogP contribution in [-0.4, -0.2) is 38.5 Å². The summed E-state index contributed by atoms with van der Waals surface area (Å²) in [6.07, 6.45) is 16.7. The van der Waals surface area contributed by atoms with Gasteiger partial charge in [-0.25, -0.2) is 0 Å². The lowest BCUT2D eigenvalue weighted by atomic mass is 10.1. The number of hydrogen-bond acceptors (Lipinski definition) is 1. The summed E-state index contributed by atoms with van der Waals surface area (Å²) in [5, 5.41) is 0. The number of quaternary nitrogens is 1. The third kappa shape index (κ3) is 16.6. The predicted molar refractivity (Wildman–Crippen MR) is 104 cm³/mol. The van der Waals surface area contributed by atoms with Crippen LogP contribution in [0.1, 0.15) is 97.8 Å². The van der Waals surface area contributed by atoms with Gasteiger partial charge in [0, 0.05) is 0 Å². The van der Waals surface area contributed by atoms with Gasteiger partial charge in [-0.15, -0.1) is 0 Å². The fourth-order valence-electron chi connectivity index (χ4n) is 3.17. The number of hydrogen-bond donors (Lipinski definition) is 0. The van der Waals surface area contributed by atoms with Crippen LogP contribution in [0.2, 0.25) is 0 Å². The van der Waals surface area contributed by atoms with E-state index in [9.17, 15) is 0 Å². The van der Waals surface area contributed by atoms with Gasteiger partial charge < -0.3 is 9.22 Å². The highest BCUT2D eigenvalue weighted by Crippen LogP contribution is 2.12. The smallest absolute Gasteiger partial charge is 0.182 e. The van der Waals surface area contributed by atoms with E-state index in [4.69, 9.17) is 4.74 Å². The van der Waals surface area contributed by atoms with Gasteiger partial charge in [0.2, 0.25) is 0 Å². The van der Waals surface area contributed by atoms with E-state index in [1.54, 1.807) is 0 Å². The van der Waals surface area contributed by atoms with Crippen molar-refractivity contribution in [2.24, 2.45) is 5.92 Å². The molecule has 2 nitrogen and oxygen atoms in total. The molecule has 0 aliphatic carbocycles. The monoisotopic (exact) mass is 328 g/mol. The molecule has 0 radical (unpaired) electrons. The van der Waals surface area contributed by atoms with Crippen molar-refractivity contribution in [3.8, 4) is 0 Å². The van der Waals surface area contributed by atoms with Crippen LogP contribution in [0.15, 0.2) is 0 Å². The Morgan fingerprint density at radius 2 is 1.26 bits per heavy atom. The van der Waals surface area contributed by atoms with Gasteiger partial charge >= 0.3 is 0 Å². The van der Waals surface area contributed by atoms with Crippen molar-refractivity contribution in [3.05, 3.63) is 0 Å². The van der Waals surface area contributed by atoms with E-state index in [-0.39, 0.29) is 0 Å². The molecule has 1 unspecified atom stereocenters. The Bertz CT molecular complexity index is 240. The van der Waals surface area contributed by atoms with Crippen molar-refractivity contribution in [3.63, 3.8) is 0 Å². The molecule has 0 rings (SSSR count). The van der Waals surface area contributed by atoms with Gasteiger partial charge in [-0.2, -0.15) is 0 Å². The second-order valence-corrected chi connectivity index (χ2v) is 8.24. The van der Waals surface area contributed by atoms with Gasteiger partial charge in [0.15, 0.2) is 6.73 Å². The van der Waals surface area contributed by atoms with Gasteiger partial charge in [-0.1, -0.05) is 78.6 Å². The molecule has 0 heterocycles. The summed E-state index contributed by atoms with van der Waals surface area (Å²) in [6.45, 7) is 9.88. The topological polar surface area (TPSA) is 9.23 Å². The molecule has 140 valence electrons. The molecule has 0 spiro atoms. The molecule has 0 aromatic rings. The van der Waals surface area contributed by atoms with Crippen molar-refractivity contribution < 1.29 is 9.22 Å². The van der Waals surface area contributed by atoms with Crippen molar-refractivity contribution >= 4 is 0 Å². The van der Waals surface area contributed by atoms with Crippen molar-refractivity contribution in [2.45, 2.75) is 97.8 Å². The summed E-state index contributed by atoms with van der Waals surface area (Å²) in [5.41, 5.74) is 0. The van der Waals surface area contributed by atoms with Crippen LogP contribution in [0.5, 0.6) is 0 Å². The third-order valence-electron chi connectivity index (χ3n) is 4.74. The first-order valence-electron chi connectivity index (χ1n) is 10.4. The minimum absolute atomic E-state index is 0.706. The van der Waals surface area contributed by atoms with Crippen LogP contribution in [0.4, 0.5) is 0 Å². The Balaban J connectivity index is 3.41. The highest BCUT2D eigenvalue weighted by molar-refractivity contribution is 4.49. The molecule has 1 atom stereocenters. The molecule has 0 saturated heterocycles. The lowest BCUT2D eigenvalue weighted by molar-refractivity contribution is -0.910. The zero-order chi connectivity index (χ0) is 17.4. The van der Waals surface area contributed by atoms with Crippen LogP contribution >= 0.6 is 0 Å². The lowest BCUT2D eigenvalue weighted by Gasteiger charge is -2.29. The molecule has 0 amide bonds. The molecule has 0 bridgehead atoms. The van der Waals surface area contributed by atoms with E-state index in [1.807, 2.05) is 0 Å². The van der Waals surface area contributed by atoms with Gasteiger partial charge in [0.05, 0.1) is 27.2 Å². The molecule has 2 heteroatoms. The largest absolute Gasteiger partial charge is 0.331 e. The second kappa shape index (κ2) is 15.4. The van der Waals surface area contributed by atoms with E-state index in [0.29, 0.717) is 5.92 Å². The fraction of sp³-hybridized carbons (Fsp3) is 1.00. The number of nitrogens with zero attached hydrogens (tertiary/aromatic N) is 1. The SMILES string of the molecule is CCCCCCCCCCCC[N+](C)(C)COCC(C)CCC. The van der Waals surface area contributed by atoms with Crippen molar-refractivity contribution in [1.29, 1.82) is 0 Å². The summed E-state index contributed by atoms with van der Waals surface area (Å²) >= 11 is 0. The fourth-order valence-corrected chi connectivity index (χ4v) is 3.17. The maximum absolute atomic E-state index is 5.93. The van der Waals surface area contributed by atoms with E-state index < -0.39 is 0 Å². The molecule has 0 aromatic heterocycles. The van der Waals surface area contributed by atoms with E-state index in [0.717, 1.165) is 17.8 Å². The first-order chi connectivity index (χ1) is 11.0. The first kappa shape index (κ1) is 22.9. The molecule has 0 aromatic carbocycles. The Morgan fingerprint density at radius 1 is 0.739 bits per heavy atom. The zero-order valence-corrected chi connectivity index (χ0v) is 17.0. The highest BCUT2D eigenvalue weighted by atomic mass is 16.5. The van der Waals surface area contributed by atoms with Crippen LogP contribution in [0, 0.1) is 5.92 Å². The number of rotatable bonds is 17. The maximum atomic E-state index is 5.93. The summed E-state index contributed by atoms with van der Waals surface area (Å²) < 4.78 is 6.94. The molecule has 0 aliphatic rings. The van der Waals surface area contributed by atoms with Crippen LogP contribution < -0.4 is 0 Å². The molecule has 23 heavy (non-hydrogen) atoms. The number of ether oxygens (including phenoxy) is 1. The summed E-state index contributed by atoms with van der Waals surface area (Å²) in [5.74, 6) is 0.706. The summed E-state index contributed by atoms with van der Waals surface area (Å²) in [7, 11) is 4.61. The third-order valence-corrected chi connectivity index (χ3v) is 4.74. The van der Waals surface area contributed by atoms with Crippen LogP contribution in [0.25, 0.3) is 0 Å². The first-order valence-corrected chi connectivity index (χ1v) is 10.4. The van der Waals surface area contributed by atoms with Gasteiger partial charge in [0.1, 0.15) is 0 Å². The predicted octanol–water partition coefficient (Wildman–Crippen LogP) is 6.39. The standard InChI is InChI=1S/C21H46NO/c1-6-8-9-10-11-12-13-14-15-16-18-22(4,5)20-23-19-21(3)17-7-2/h21H,6-20H2,1-5H3/q+1. The number of unbranched alkanes of at least 4 members (excludes halogenated alkanes) is 9. The van der Waals surface area contributed by atoms with E-state index in [2.05, 4.69) is 34.9 Å². The van der Waals surface area contributed by atoms with E-state index >= 15 is 0 Å². The maximum Gasteiger partial charge on any atom is 0.182 e. The molecular weight excluding hydrogens is 282 g/mol. The Labute approximate surface area is 147 Å². The normalized spacial score (nSPS) is 13.4.